The van der Waals surface area contributed by atoms with Crippen molar-refractivity contribution < 1.29 is 4.79 Å². The van der Waals surface area contributed by atoms with Crippen LogP contribution in [0, 0.1) is 6.92 Å². The molecule has 1 atom stereocenters. The van der Waals surface area contributed by atoms with Crippen molar-refractivity contribution >= 4 is 35.0 Å². The number of rotatable bonds is 5. The van der Waals surface area contributed by atoms with E-state index in [4.69, 9.17) is 11.6 Å². The first-order chi connectivity index (χ1) is 12.9. The van der Waals surface area contributed by atoms with E-state index in [0.717, 1.165) is 5.56 Å². The van der Waals surface area contributed by atoms with Crippen LogP contribution in [0.1, 0.15) is 12.5 Å². The van der Waals surface area contributed by atoms with E-state index in [1.165, 1.54) is 22.5 Å². The molecule has 0 fully saturated rings. The molecule has 3 aromatic rings. The maximum absolute atomic E-state index is 12.4. The van der Waals surface area contributed by atoms with E-state index in [1.807, 2.05) is 31.2 Å². The van der Waals surface area contributed by atoms with Gasteiger partial charge in [-0.1, -0.05) is 41.1 Å². The first-order valence-corrected chi connectivity index (χ1v) is 9.58. The van der Waals surface area contributed by atoms with E-state index in [1.54, 1.807) is 37.3 Å². The number of hydrogen-bond donors (Lipinski definition) is 1. The van der Waals surface area contributed by atoms with Crippen LogP contribution in [0.15, 0.2) is 70.5 Å². The van der Waals surface area contributed by atoms with Crippen LogP contribution in [0.5, 0.6) is 0 Å². The smallest absolute Gasteiger partial charge is 0.271 e. The fourth-order valence-electron chi connectivity index (χ4n) is 2.34. The Morgan fingerprint density at radius 3 is 2.41 bits per heavy atom. The second-order valence-electron chi connectivity index (χ2n) is 6.01. The second kappa shape index (κ2) is 8.41. The predicted octanol–water partition coefficient (Wildman–Crippen LogP) is 4.31. The van der Waals surface area contributed by atoms with Crippen LogP contribution < -0.4 is 10.9 Å². The Morgan fingerprint density at radius 1 is 1.07 bits per heavy atom. The minimum Gasteiger partial charge on any atom is -0.325 e. The standard InChI is InChI=1S/C20H18ClN3O2S/c1-13-3-9-17(10-4-13)24-19(25)12-11-18(23-24)27-14(2)20(26)22-16-7-5-15(21)6-8-16/h3-12,14H,1-2H3,(H,22,26). The highest BCUT2D eigenvalue weighted by Gasteiger charge is 2.16. The summed E-state index contributed by atoms with van der Waals surface area (Å²) in [6, 6.07) is 17.5. The predicted molar refractivity (Wildman–Crippen MR) is 110 cm³/mol. The molecule has 1 unspecified atom stereocenters. The number of benzene rings is 2. The fraction of sp³-hybridized carbons (Fsp3) is 0.150. The summed E-state index contributed by atoms with van der Waals surface area (Å²) in [6.45, 7) is 3.77. The number of hydrogen-bond acceptors (Lipinski definition) is 4. The van der Waals surface area contributed by atoms with Gasteiger partial charge in [0.25, 0.3) is 5.56 Å². The van der Waals surface area contributed by atoms with Gasteiger partial charge in [-0.3, -0.25) is 9.59 Å². The van der Waals surface area contributed by atoms with E-state index in [2.05, 4.69) is 10.4 Å². The summed E-state index contributed by atoms with van der Waals surface area (Å²) in [5.74, 6) is -0.155. The van der Waals surface area contributed by atoms with E-state index in [9.17, 15) is 9.59 Å². The number of nitrogens with zero attached hydrogens (tertiary/aromatic N) is 2. The van der Waals surface area contributed by atoms with Crippen molar-refractivity contribution in [2.24, 2.45) is 0 Å². The lowest BCUT2D eigenvalue weighted by Crippen LogP contribution is -2.24. The summed E-state index contributed by atoms with van der Waals surface area (Å²) in [5.41, 5.74) is 2.24. The van der Waals surface area contributed by atoms with Crippen molar-refractivity contribution in [1.29, 1.82) is 0 Å². The lowest BCUT2D eigenvalue weighted by atomic mass is 10.2. The number of thioether (sulfide) groups is 1. The normalized spacial score (nSPS) is 11.8. The Labute approximate surface area is 166 Å². The number of anilines is 1. The summed E-state index contributed by atoms with van der Waals surface area (Å²) in [4.78, 5) is 24.5. The number of halogens is 1. The van der Waals surface area contributed by atoms with E-state index in [0.29, 0.717) is 21.4 Å². The van der Waals surface area contributed by atoms with Crippen molar-refractivity contribution in [3.05, 3.63) is 81.6 Å². The molecule has 0 aliphatic carbocycles. The molecule has 7 heteroatoms. The third-order valence-corrected chi connectivity index (χ3v) is 5.11. The monoisotopic (exact) mass is 399 g/mol. The number of aromatic nitrogens is 2. The van der Waals surface area contributed by atoms with Gasteiger partial charge in [0.05, 0.1) is 10.9 Å². The van der Waals surface area contributed by atoms with Crippen molar-refractivity contribution in [3.8, 4) is 5.69 Å². The van der Waals surface area contributed by atoms with Gasteiger partial charge in [-0.05, 0) is 56.3 Å². The van der Waals surface area contributed by atoms with Gasteiger partial charge in [0.15, 0.2) is 0 Å². The largest absolute Gasteiger partial charge is 0.325 e. The van der Waals surface area contributed by atoms with Gasteiger partial charge < -0.3 is 5.32 Å². The van der Waals surface area contributed by atoms with Crippen molar-refractivity contribution in [2.75, 3.05) is 5.32 Å². The molecule has 1 heterocycles. The highest BCUT2D eigenvalue weighted by atomic mass is 35.5. The third-order valence-electron chi connectivity index (χ3n) is 3.83. The Kier molecular flexibility index (Phi) is 5.98. The number of nitrogens with one attached hydrogen (secondary N) is 1. The lowest BCUT2D eigenvalue weighted by Gasteiger charge is -2.12. The minimum atomic E-state index is -0.392. The molecule has 3 rings (SSSR count). The summed E-state index contributed by atoms with van der Waals surface area (Å²) < 4.78 is 1.34. The van der Waals surface area contributed by atoms with Gasteiger partial charge in [-0.25, -0.2) is 0 Å². The topological polar surface area (TPSA) is 64.0 Å². The van der Waals surface area contributed by atoms with E-state index in [-0.39, 0.29) is 11.5 Å². The van der Waals surface area contributed by atoms with Gasteiger partial charge in [-0.2, -0.15) is 9.78 Å². The summed E-state index contributed by atoms with van der Waals surface area (Å²) in [6.07, 6.45) is 0. The second-order valence-corrected chi connectivity index (χ2v) is 7.81. The number of amides is 1. The number of carbonyl (C=O) groups is 1. The number of aryl methyl sites for hydroxylation is 1. The van der Waals surface area contributed by atoms with Gasteiger partial charge in [-0.15, -0.1) is 0 Å². The first kappa shape index (κ1) is 19.2. The van der Waals surface area contributed by atoms with Crippen molar-refractivity contribution in [2.45, 2.75) is 24.1 Å². The van der Waals surface area contributed by atoms with Crippen LogP contribution in [0.4, 0.5) is 5.69 Å². The molecule has 5 nitrogen and oxygen atoms in total. The van der Waals surface area contributed by atoms with E-state index < -0.39 is 5.25 Å². The van der Waals surface area contributed by atoms with Gasteiger partial charge in [0.2, 0.25) is 5.91 Å². The van der Waals surface area contributed by atoms with Crippen LogP contribution in [-0.4, -0.2) is 20.9 Å². The molecule has 1 amide bonds. The van der Waals surface area contributed by atoms with E-state index >= 15 is 0 Å². The fourth-order valence-corrected chi connectivity index (χ4v) is 3.27. The van der Waals surface area contributed by atoms with Crippen LogP contribution in [0.2, 0.25) is 5.02 Å². The Bertz CT molecular complexity index is 1000. The molecule has 138 valence electrons. The van der Waals surface area contributed by atoms with Crippen LogP contribution >= 0.6 is 23.4 Å². The van der Waals surface area contributed by atoms with Gasteiger partial charge in [0, 0.05) is 16.8 Å². The molecule has 0 bridgehead atoms. The van der Waals surface area contributed by atoms with Crippen molar-refractivity contribution in [3.63, 3.8) is 0 Å². The Morgan fingerprint density at radius 2 is 1.74 bits per heavy atom. The quantitative estimate of drug-likeness (QED) is 0.649. The molecule has 0 radical (unpaired) electrons. The summed E-state index contributed by atoms with van der Waals surface area (Å²) in [5, 5.41) is 8.03. The SMILES string of the molecule is Cc1ccc(-n2nc(SC(C)C(=O)Nc3ccc(Cl)cc3)ccc2=O)cc1. The highest BCUT2D eigenvalue weighted by molar-refractivity contribution is 8.00. The maximum atomic E-state index is 12.4. The molecular weight excluding hydrogens is 382 g/mol. The minimum absolute atomic E-state index is 0.155. The Hall–Kier alpha value is -2.57. The zero-order chi connectivity index (χ0) is 19.4. The zero-order valence-corrected chi connectivity index (χ0v) is 16.4. The lowest BCUT2D eigenvalue weighted by molar-refractivity contribution is -0.115. The number of carbonyl (C=O) groups excluding carboxylic acids is 1. The highest BCUT2D eigenvalue weighted by Crippen LogP contribution is 2.22. The van der Waals surface area contributed by atoms with Gasteiger partial charge >= 0.3 is 0 Å². The molecule has 0 aliphatic rings. The summed E-state index contributed by atoms with van der Waals surface area (Å²) >= 11 is 7.14. The molecule has 0 aliphatic heterocycles. The molecule has 0 saturated carbocycles. The van der Waals surface area contributed by atoms with Crippen LogP contribution in [-0.2, 0) is 4.79 Å². The first-order valence-electron chi connectivity index (χ1n) is 8.33. The molecular formula is C20H18ClN3O2S. The van der Waals surface area contributed by atoms with Gasteiger partial charge in [0.1, 0.15) is 5.03 Å². The average Bonchev–Trinajstić information content (AvgIpc) is 2.66. The maximum Gasteiger partial charge on any atom is 0.271 e. The molecule has 0 saturated heterocycles. The third kappa shape index (κ3) is 4.99. The molecule has 1 N–H and O–H groups in total. The van der Waals surface area contributed by atoms with Crippen molar-refractivity contribution in [1.82, 2.24) is 9.78 Å². The Balaban J connectivity index is 1.74. The summed E-state index contributed by atoms with van der Waals surface area (Å²) in [7, 11) is 0. The average molecular weight is 400 g/mol. The molecule has 2 aromatic carbocycles. The molecule has 0 spiro atoms. The molecule has 1 aromatic heterocycles. The molecule has 27 heavy (non-hydrogen) atoms. The van der Waals surface area contributed by atoms with Crippen LogP contribution in [0.25, 0.3) is 5.69 Å². The van der Waals surface area contributed by atoms with Crippen LogP contribution in [0.3, 0.4) is 0 Å². The zero-order valence-electron chi connectivity index (χ0n) is 14.8.